The van der Waals surface area contributed by atoms with E-state index < -0.39 is 30.7 Å². The third kappa shape index (κ3) is 2.92. The van der Waals surface area contributed by atoms with Crippen molar-refractivity contribution in [2.45, 2.75) is 30.3 Å². The molecule has 1 aliphatic carbocycles. The van der Waals surface area contributed by atoms with Gasteiger partial charge in [-0.05, 0) is 17.5 Å². The molecule has 1 saturated carbocycles. The van der Waals surface area contributed by atoms with Crippen LogP contribution in [0.1, 0.15) is 40.0 Å². The fraction of sp³-hybridized carbons (Fsp3) is 0.389. The van der Waals surface area contributed by atoms with Gasteiger partial charge in [-0.2, -0.15) is 0 Å². The highest BCUT2D eigenvalue weighted by atomic mass is 16.6. The summed E-state index contributed by atoms with van der Waals surface area (Å²) in [5.74, 6) is -2.12. The maximum atomic E-state index is 12.4. The largest absolute Gasteiger partial charge is 0.669 e. The van der Waals surface area contributed by atoms with Crippen LogP contribution in [0.15, 0.2) is 24.7 Å². The van der Waals surface area contributed by atoms with E-state index in [9.17, 15) is 24.7 Å². The molecule has 0 spiro atoms. The molecule has 2 fully saturated rings. The number of rotatable bonds is 5. The number of likely N-dealkylation sites (tertiary alicyclic amines) is 1. The number of H-pyrrole nitrogens is 1. The van der Waals surface area contributed by atoms with E-state index in [2.05, 4.69) is 9.97 Å². The maximum absolute atomic E-state index is 12.4. The second kappa shape index (κ2) is 6.46. The summed E-state index contributed by atoms with van der Waals surface area (Å²) in [6, 6.07) is 2.38. The number of fused-ring (bicyclic) bond motifs is 3. The molecule has 1 aromatic heterocycles. The molecule has 3 aliphatic rings. The highest BCUT2D eigenvalue weighted by Gasteiger charge is 2.55. The number of amides is 1. The van der Waals surface area contributed by atoms with Crippen LogP contribution in [0.25, 0.3) is 0 Å². The summed E-state index contributed by atoms with van der Waals surface area (Å²) in [7, 11) is 0. The molecule has 1 aromatic carbocycles. The Kier molecular flexibility index (Phi) is 4.07. The molecule has 2 aliphatic heterocycles. The number of aromatic amines is 1. The van der Waals surface area contributed by atoms with Crippen molar-refractivity contribution < 1.29 is 34.1 Å². The number of hydrogen-bond donors (Lipinski definition) is 5. The fourth-order valence-electron chi connectivity index (χ4n) is 4.25. The second-order valence-electron chi connectivity index (χ2n) is 8.01. The number of carbonyl (C=O) groups is 2. The van der Waals surface area contributed by atoms with Gasteiger partial charge in [0.15, 0.2) is 0 Å². The summed E-state index contributed by atoms with van der Waals surface area (Å²) in [4.78, 5) is 32.5. The number of hydrogen-bond acceptors (Lipinski definition) is 8. The number of nitrogens with one attached hydrogen (secondary N) is 1. The van der Waals surface area contributed by atoms with Gasteiger partial charge in [0.1, 0.15) is 23.5 Å². The average molecular weight is 415 g/mol. The first-order valence-electron chi connectivity index (χ1n) is 9.64. The maximum Gasteiger partial charge on any atom is 0.434 e. The Labute approximate surface area is 170 Å². The Hall–Kier alpha value is -3.09. The van der Waals surface area contributed by atoms with Crippen molar-refractivity contribution in [3.05, 3.63) is 41.5 Å². The van der Waals surface area contributed by atoms with Crippen LogP contribution in [0.3, 0.4) is 0 Å². The van der Waals surface area contributed by atoms with E-state index in [0.717, 1.165) is 0 Å². The molecule has 6 N–H and O–H groups in total. The Morgan fingerprint density at radius 2 is 2.13 bits per heavy atom. The molecule has 0 radical (unpaired) electrons. The Morgan fingerprint density at radius 1 is 1.37 bits per heavy atom. The van der Waals surface area contributed by atoms with E-state index in [4.69, 9.17) is 15.1 Å². The van der Waals surface area contributed by atoms with Gasteiger partial charge in [0.2, 0.25) is 5.91 Å². The molecular weight excluding hydrogens is 395 g/mol. The lowest BCUT2D eigenvalue weighted by molar-refractivity contribution is -0.141. The predicted octanol–water partition coefficient (Wildman–Crippen LogP) is -0.429. The van der Waals surface area contributed by atoms with Crippen LogP contribution in [0.2, 0.25) is 5.82 Å². The number of nitrogens with two attached hydrogens (primary N) is 1. The fourth-order valence-corrected chi connectivity index (χ4v) is 4.25. The van der Waals surface area contributed by atoms with Crippen molar-refractivity contribution in [1.29, 1.82) is 0 Å². The van der Waals surface area contributed by atoms with Crippen LogP contribution in [-0.2, 0) is 4.79 Å². The van der Waals surface area contributed by atoms with Crippen LogP contribution < -0.4 is 15.1 Å². The molecule has 11 nitrogen and oxygen atoms in total. The molecule has 3 unspecified atom stereocenters. The van der Waals surface area contributed by atoms with Gasteiger partial charge in [0.05, 0.1) is 37.1 Å². The highest BCUT2D eigenvalue weighted by Crippen LogP contribution is 2.63. The molecule has 30 heavy (non-hydrogen) atoms. The summed E-state index contributed by atoms with van der Waals surface area (Å²) in [6.07, 6.45) is 3.04. The number of carboxylic acids is 1. The van der Waals surface area contributed by atoms with Crippen LogP contribution in [0.4, 0.5) is 0 Å². The lowest BCUT2D eigenvalue weighted by Crippen LogP contribution is -2.58. The molecule has 1 amide bonds. The average Bonchev–Trinajstić information content (AvgIpc) is 3.30. The summed E-state index contributed by atoms with van der Waals surface area (Å²) < 4.78 is 11.1. The van der Waals surface area contributed by atoms with Gasteiger partial charge in [-0.25, -0.2) is 9.78 Å². The highest BCUT2D eigenvalue weighted by molar-refractivity contribution is 6.62. The van der Waals surface area contributed by atoms with E-state index in [1.807, 2.05) is 0 Å². The minimum Gasteiger partial charge on any atom is -0.669 e. The van der Waals surface area contributed by atoms with Crippen molar-refractivity contribution in [2.75, 3.05) is 13.1 Å². The van der Waals surface area contributed by atoms with E-state index in [-0.39, 0.29) is 42.0 Å². The molecule has 1 saturated heterocycles. The molecule has 158 valence electrons. The van der Waals surface area contributed by atoms with Gasteiger partial charge in [-0.15, -0.1) is 0 Å². The van der Waals surface area contributed by atoms with E-state index in [0.29, 0.717) is 17.7 Å². The smallest absolute Gasteiger partial charge is 0.434 e. The quantitative estimate of drug-likeness (QED) is 0.407. The zero-order valence-corrected chi connectivity index (χ0v) is 15.8. The minimum atomic E-state index is -3.10. The zero-order valence-electron chi connectivity index (χ0n) is 15.8. The first kappa shape index (κ1) is 18.9. The predicted molar refractivity (Wildman–Crippen MR) is 102 cm³/mol. The van der Waals surface area contributed by atoms with E-state index >= 15 is 0 Å². The Balaban J connectivity index is 1.31. The number of carbonyl (C=O) groups excluding carboxylic acids is 1. The van der Waals surface area contributed by atoms with E-state index in [1.54, 1.807) is 12.1 Å². The van der Waals surface area contributed by atoms with Gasteiger partial charge < -0.3 is 40.2 Å². The standard InChI is InChI=1S/C18H20BN4O7/c20-15(12-4-21-7-22-12)17(24)23-5-8(6-23)29-13-2-1-9-10-3-11(10)19(27,28)30-16(9)14(13)18(25)26/h1-2,4,7-8,10-11,15,27-28H,3,5-6,20H2,(H,21,22)(H,25,26)/q-1. The van der Waals surface area contributed by atoms with Gasteiger partial charge in [0, 0.05) is 0 Å². The van der Waals surface area contributed by atoms with Crippen LogP contribution in [0, 0.1) is 0 Å². The number of aromatic carboxylic acids is 1. The second-order valence-corrected chi connectivity index (χ2v) is 8.01. The lowest BCUT2D eigenvalue weighted by atomic mass is 9.68. The van der Waals surface area contributed by atoms with Gasteiger partial charge in [-0.1, -0.05) is 18.3 Å². The number of ether oxygens (including phenoxy) is 1. The number of carboxylic acid groups (broad SMARTS) is 1. The third-order valence-electron chi connectivity index (χ3n) is 6.03. The van der Waals surface area contributed by atoms with E-state index in [1.165, 1.54) is 17.4 Å². The molecule has 3 atom stereocenters. The Morgan fingerprint density at radius 3 is 2.80 bits per heavy atom. The SMILES string of the molecule is NC(C(=O)N1CC(Oc2ccc3c(c2C(=O)O)O[B-](O)(O)C2CC32)C1)c1cnc[nH]1. The van der Waals surface area contributed by atoms with Crippen molar-refractivity contribution in [3.63, 3.8) is 0 Å². The summed E-state index contributed by atoms with van der Waals surface area (Å²) >= 11 is 0. The van der Waals surface area contributed by atoms with Crippen molar-refractivity contribution >= 4 is 18.6 Å². The van der Waals surface area contributed by atoms with Crippen LogP contribution >= 0.6 is 0 Å². The number of benzene rings is 1. The van der Waals surface area contributed by atoms with Crippen molar-refractivity contribution in [3.8, 4) is 11.5 Å². The number of aromatic nitrogens is 2. The molecule has 12 heteroatoms. The summed E-state index contributed by atoms with van der Waals surface area (Å²) in [5.41, 5.74) is 6.83. The van der Waals surface area contributed by atoms with Gasteiger partial charge in [0.25, 0.3) is 0 Å². The molecule has 0 bridgehead atoms. The van der Waals surface area contributed by atoms with Crippen molar-refractivity contribution in [1.82, 2.24) is 14.9 Å². The molecule has 3 heterocycles. The normalized spacial score (nSPS) is 24.7. The first-order valence-corrected chi connectivity index (χ1v) is 9.64. The summed E-state index contributed by atoms with van der Waals surface area (Å²) in [5, 5.41) is 29.9. The number of nitrogens with zero attached hydrogens (tertiary/aromatic N) is 2. The third-order valence-corrected chi connectivity index (χ3v) is 6.03. The van der Waals surface area contributed by atoms with Crippen LogP contribution in [-0.4, -0.2) is 67.8 Å². The Bertz CT molecular complexity index is 1020. The zero-order chi connectivity index (χ0) is 21.2. The van der Waals surface area contributed by atoms with Crippen LogP contribution in [0.5, 0.6) is 11.5 Å². The van der Waals surface area contributed by atoms with Gasteiger partial charge >= 0.3 is 12.7 Å². The molecule has 5 rings (SSSR count). The minimum absolute atomic E-state index is 0.0573. The first-order chi connectivity index (χ1) is 14.3. The lowest BCUT2D eigenvalue weighted by Gasteiger charge is -2.41. The monoisotopic (exact) mass is 415 g/mol. The molecule has 2 aromatic rings. The topological polar surface area (TPSA) is 171 Å². The summed E-state index contributed by atoms with van der Waals surface area (Å²) in [6.45, 7) is -2.61. The van der Waals surface area contributed by atoms with Crippen molar-refractivity contribution in [2.24, 2.45) is 5.73 Å². The van der Waals surface area contributed by atoms with Gasteiger partial charge in [-0.3, -0.25) is 4.79 Å². The molecular formula is C18H20BN4O7-. The number of imidazole rings is 1.